The number of nitrogens with two attached hydrogens (primary N) is 1. The molecule has 0 spiro atoms. The third kappa shape index (κ3) is 1.82. The fourth-order valence-electron chi connectivity index (χ4n) is 1.80. The number of aliphatic hydroxyl groups is 1. The highest BCUT2D eigenvalue weighted by molar-refractivity contribution is 7.11. The van der Waals surface area contributed by atoms with Crippen LogP contribution in [0.15, 0.2) is 0 Å². The van der Waals surface area contributed by atoms with E-state index in [-0.39, 0.29) is 12.6 Å². The first kappa shape index (κ1) is 10.1. The Morgan fingerprint density at radius 2 is 2.50 bits per heavy atom. The van der Waals surface area contributed by atoms with Crippen LogP contribution in [-0.4, -0.2) is 16.7 Å². The lowest BCUT2D eigenvalue weighted by atomic mass is 9.93. The fraction of sp³-hybridized carbons (Fsp3) is 0.700. The average molecular weight is 212 g/mol. The number of fused-ring (bicyclic) bond motifs is 1. The molecule has 14 heavy (non-hydrogen) atoms. The van der Waals surface area contributed by atoms with Crippen molar-refractivity contribution >= 4 is 11.3 Å². The molecular formula is C10H16N2OS. The Balaban J connectivity index is 2.23. The summed E-state index contributed by atoms with van der Waals surface area (Å²) in [5.41, 5.74) is 6.95. The van der Waals surface area contributed by atoms with Crippen molar-refractivity contribution in [2.24, 2.45) is 11.7 Å². The summed E-state index contributed by atoms with van der Waals surface area (Å²) in [5, 5.41) is 9.84. The number of aryl methyl sites for hydroxylation is 1. The maximum atomic E-state index is 8.94. The SMILES string of the molecule is CC1CCc2nc([C@H](N)CO)sc2C1. The Bertz CT molecular complexity index is 324. The van der Waals surface area contributed by atoms with E-state index in [0.29, 0.717) is 0 Å². The van der Waals surface area contributed by atoms with Crippen molar-refractivity contribution in [1.82, 2.24) is 4.98 Å². The molecule has 0 bridgehead atoms. The van der Waals surface area contributed by atoms with Gasteiger partial charge in [-0.15, -0.1) is 11.3 Å². The van der Waals surface area contributed by atoms with Gasteiger partial charge in [-0.1, -0.05) is 6.92 Å². The van der Waals surface area contributed by atoms with Gasteiger partial charge in [-0.25, -0.2) is 4.98 Å². The first-order valence-electron chi connectivity index (χ1n) is 5.05. The molecule has 1 unspecified atom stereocenters. The second-order valence-electron chi connectivity index (χ2n) is 4.06. The summed E-state index contributed by atoms with van der Waals surface area (Å²) in [5.74, 6) is 0.765. The van der Waals surface area contributed by atoms with E-state index in [9.17, 15) is 0 Å². The van der Waals surface area contributed by atoms with Crippen LogP contribution in [-0.2, 0) is 12.8 Å². The van der Waals surface area contributed by atoms with Gasteiger partial charge in [-0.3, -0.25) is 0 Å². The van der Waals surface area contributed by atoms with E-state index in [1.807, 2.05) is 0 Å². The van der Waals surface area contributed by atoms with Crippen molar-refractivity contribution in [3.05, 3.63) is 15.6 Å². The second kappa shape index (κ2) is 3.96. The standard InChI is InChI=1S/C10H16N2OS/c1-6-2-3-8-9(4-6)14-10(12-8)7(11)5-13/h6-7,13H,2-5,11H2,1H3/t6?,7-/m1/s1. The Morgan fingerprint density at radius 1 is 1.71 bits per heavy atom. The van der Waals surface area contributed by atoms with Crippen LogP contribution in [0.3, 0.4) is 0 Å². The normalized spacial score (nSPS) is 23.2. The van der Waals surface area contributed by atoms with Gasteiger partial charge >= 0.3 is 0 Å². The number of aromatic nitrogens is 1. The molecule has 0 saturated heterocycles. The maximum Gasteiger partial charge on any atom is 0.112 e. The largest absolute Gasteiger partial charge is 0.394 e. The zero-order valence-corrected chi connectivity index (χ0v) is 9.18. The van der Waals surface area contributed by atoms with Crippen LogP contribution >= 0.6 is 11.3 Å². The Labute approximate surface area is 88.0 Å². The lowest BCUT2D eigenvalue weighted by Crippen LogP contribution is -2.14. The summed E-state index contributed by atoms with van der Waals surface area (Å²) < 4.78 is 0. The zero-order chi connectivity index (χ0) is 10.1. The summed E-state index contributed by atoms with van der Waals surface area (Å²) in [6.07, 6.45) is 3.43. The zero-order valence-electron chi connectivity index (χ0n) is 8.36. The molecule has 1 aliphatic carbocycles. The smallest absolute Gasteiger partial charge is 0.112 e. The summed E-state index contributed by atoms with van der Waals surface area (Å²) in [7, 11) is 0. The van der Waals surface area contributed by atoms with Gasteiger partial charge in [-0.05, 0) is 25.2 Å². The van der Waals surface area contributed by atoms with Crippen molar-refractivity contribution in [3.63, 3.8) is 0 Å². The molecule has 0 amide bonds. The first-order valence-corrected chi connectivity index (χ1v) is 5.87. The lowest BCUT2D eigenvalue weighted by Gasteiger charge is -2.15. The molecule has 1 aliphatic rings. The monoisotopic (exact) mass is 212 g/mol. The van der Waals surface area contributed by atoms with Crippen LogP contribution in [0.4, 0.5) is 0 Å². The fourth-order valence-corrected chi connectivity index (χ4v) is 3.06. The van der Waals surface area contributed by atoms with Gasteiger partial charge in [0.2, 0.25) is 0 Å². The number of hydrogen-bond acceptors (Lipinski definition) is 4. The predicted octanol–water partition coefficient (Wildman–Crippen LogP) is 1.26. The molecule has 2 atom stereocenters. The average Bonchev–Trinajstić information content (AvgIpc) is 2.59. The van der Waals surface area contributed by atoms with Crippen molar-refractivity contribution in [3.8, 4) is 0 Å². The van der Waals surface area contributed by atoms with Gasteiger partial charge in [0.05, 0.1) is 18.3 Å². The van der Waals surface area contributed by atoms with E-state index in [1.54, 1.807) is 11.3 Å². The molecule has 0 saturated carbocycles. The summed E-state index contributed by atoms with van der Waals surface area (Å²) in [4.78, 5) is 5.87. The number of nitrogens with zero attached hydrogens (tertiary/aromatic N) is 1. The molecule has 0 aromatic carbocycles. The van der Waals surface area contributed by atoms with Gasteiger partial charge in [0.25, 0.3) is 0 Å². The van der Waals surface area contributed by atoms with Crippen molar-refractivity contribution in [2.75, 3.05) is 6.61 Å². The summed E-state index contributed by atoms with van der Waals surface area (Å²) in [6, 6.07) is -0.291. The van der Waals surface area contributed by atoms with Gasteiger partial charge < -0.3 is 10.8 Å². The topological polar surface area (TPSA) is 59.1 Å². The number of hydrogen-bond donors (Lipinski definition) is 2. The van der Waals surface area contributed by atoms with Gasteiger partial charge in [0.1, 0.15) is 5.01 Å². The molecule has 1 aromatic rings. The highest BCUT2D eigenvalue weighted by Gasteiger charge is 2.21. The highest BCUT2D eigenvalue weighted by atomic mass is 32.1. The molecule has 1 aromatic heterocycles. The highest BCUT2D eigenvalue weighted by Crippen LogP contribution is 2.31. The molecule has 2 rings (SSSR count). The minimum Gasteiger partial charge on any atom is -0.394 e. The van der Waals surface area contributed by atoms with Crippen LogP contribution in [0.1, 0.15) is 35.0 Å². The molecule has 0 radical (unpaired) electrons. The van der Waals surface area contributed by atoms with Crippen LogP contribution < -0.4 is 5.73 Å². The van der Waals surface area contributed by atoms with E-state index < -0.39 is 0 Å². The van der Waals surface area contributed by atoms with Crippen molar-refractivity contribution in [2.45, 2.75) is 32.2 Å². The second-order valence-corrected chi connectivity index (χ2v) is 5.17. The number of thiazole rings is 1. The van der Waals surface area contributed by atoms with E-state index in [4.69, 9.17) is 10.8 Å². The van der Waals surface area contributed by atoms with Gasteiger partial charge in [-0.2, -0.15) is 0 Å². The quantitative estimate of drug-likeness (QED) is 0.776. The van der Waals surface area contributed by atoms with Gasteiger partial charge in [0.15, 0.2) is 0 Å². The van der Waals surface area contributed by atoms with E-state index >= 15 is 0 Å². The molecule has 3 N–H and O–H groups in total. The predicted molar refractivity (Wildman–Crippen MR) is 57.3 cm³/mol. The van der Waals surface area contributed by atoms with E-state index in [1.165, 1.54) is 17.0 Å². The molecule has 0 fully saturated rings. The summed E-state index contributed by atoms with van der Waals surface area (Å²) in [6.45, 7) is 2.26. The number of aliphatic hydroxyl groups excluding tert-OH is 1. The molecule has 0 aliphatic heterocycles. The molecule has 1 heterocycles. The Kier molecular flexibility index (Phi) is 2.85. The Morgan fingerprint density at radius 3 is 3.21 bits per heavy atom. The number of rotatable bonds is 2. The van der Waals surface area contributed by atoms with E-state index in [2.05, 4.69) is 11.9 Å². The minimum absolute atomic E-state index is 0.0120. The molecule has 78 valence electrons. The Hall–Kier alpha value is -0.450. The van der Waals surface area contributed by atoms with Gasteiger partial charge in [0, 0.05) is 4.88 Å². The molecule has 4 heteroatoms. The molecular weight excluding hydrogens is 196 g/mol. The first-order chi connectivity index (χ1) is 6.70. The van der Waals surface area contributed by atoms with Crippen LogP contribution in [0.2, 0.25) is 0 Å². The van der Waals surface area contributed by atoms with Crippen molar-refractivity contribution in [1.29, 1.82) is 0 Å². The minimum atomic E-state index is -0.291. The third-order valence-electron chi connectivity index (χ3n) is 2.72. The van der Waals surface area contributed by atoms with E-state index in [0.717, 1.165) is 23.8 Å². The molecule has 3 nitrogen and oxygen atoms in total. The van der Waals surface area contributed by atoms with Crippen molar-refractivity contribution < 1.29 is 5.11 Å². The lowest BCUT2D eigenvalue weighted by molar-refractivity contribution is 0.267. The summed E-state index contributed by atoms with van der Waals surface area (Å²) >= 11 is 1.68. The van der Waals surface area contributed by atoms with Crippen LogP contribution in [0.25, 0.3) is 0 Å². The van der Waals surface area contributed by atoms with Crippen LogP contribution in [0.5, 0.6) is 0 Å². The van der Waals surface area contributed by atoms with Crippen LogP contribution in [0, 0.1) is 5.92 Å². The third-order valence-corrected chi connectivity index (χ3v) is 3.97. The maximum absolute atomic E-state index is 8.94.